The Balaban J connectivity index is 1.99. The highest BCUT2D eigenvalue weighted by molar-refractivity contribution is 7.13. The number of aryl methyl sites for hydroxylation is 3. The number of carbonyl (C=O) groups excluding carboxylic acids is 2. The number of nitrogens with one attached hydrogen (secondary N) is 1. The standard InChI is InChI=1S/C17H20N2O2S/c1-11-5-6-12(2)14(9-11)18-16(20)10-19(4)17(21)15-8-7-13(3)22-15/h5-9H,10H2,1-4H3,(H,18,20). The van der Waals surface area contributed by atoms with Crippen LogP contribution in [0.1, 0.15) is 25.7 Å². The van der Waals surface area contributed by atoms with Gasteiger partial charge in [-0.25, -0.2) is 0 Å². The summed E-state index contributed by atoms with van der Waals surface area (Å²) in [6.45, 7) is 5.90. The fourth-order valence-corrected chi connectivity index (χ4v) is 2.95. The number of thiophene rings is 1. The highest BCUT2D eigenvalue weighted by Crippen LogP contribution is 2.18. The van der Waals surface area contributed by atoms with Gasteiger partial charge in [-0.15, -0.1) is 11.3 Å². The third-order valence-electron chi connectivity index (χ3n) is 3.35. The molecule has 116 valence electrons. The first-order valence-corrected chi connectivity index (χ1v) is 7.87. The average molecular weight is 316 g/mol. The van der Waals surface area contributed by atoms with Crippen molar-refractivity contribution in [2.24, 2.45) is 0 Å². The monoisotopic (exact) mass is 316 g/mol. The molecule has 2 rings (SSSR count). The fourth-order valence-electron chi connectivity index (χ4n) is 2.09. The minimum absolute atomic E-state index is 0.0309. The van der Waals surface area contributed by atoms with Crippen molar-refractivity contribution in [3.8, 4) is 0 Å². The first kappa shape index (κ1) is 16.2. The molecule has 0 aliphatic carbocycles. The summed E-state index contributed by atoms with van der Waals surface area (Å²) >= 11 is 1.44. The fraction of sp³-hybridized carbons (Fsp3) is 0.294. The molecule has 0 aliphatic heterocycles. The quantitative estimate of drug-likeness (QED) is 0.940. The third-order valence-corrected chi connectivity index (χ3v) is 4.33. The van der Waals surface area contributed by atoms with Crippen LogP contribution in [0.15, 0.2) is 30.3 Å². The molecule has 2 amide bonds. The van der Waals surface area contributed by atoms with Gasteiger partial charge in [0.1, 0.15) is 0 Å². The number of benzene rings is 1. The third kappa shape index (κ3) is 3.95. The molecule has 0 radical (unpaired) electrons. The topological polar surface area (TPSA) is 49.4 Å². The Labute approximate surface area is 134 Å². The van der Waals surface area contributed by atoms with Crippen LogP contribution < -0.4 is 5.32 Å². The maximum Gasteiger partial charge on any atom is 0.264 e. The maximum absolute atomic E-state index is 12.2. The summed E-state index contributed by atoms with van der Waals surface area (Å²) in [5, 5.41) is 2.86. The molecule has 1 N–H and O–H groups in total. The Bertz CT molecular complexity index is 706. The average Bonchev–Trinajstić information content (AvgIpc) is 2.88. The van der Waals surface area contributed by atoms with Gasteiger partial charge < -0.3 is 10.2 Å². The van der Waals surface area contributed by atoms with Crippen molar-refractivity contribution >= 4 is 28.8 Å². The minimum Gasteiger partial charge on any atom is -0.332 e. The number of likely N-dealkylation sites (N-methyl/N-ethyl adjacent to an activating group) is 1. The second kappa shape index (κ2) is 6.75. The maximum atomic E-state index is 12.2. The van der Waals surface area contributed by atoms with Gasteiger partial charge in [-0.3, -0.25) is 9.59 Å². The van der Waals surface area contributed by atoms with Crippen molar-refractivity contribution in [1.82, 2.24) is 4.90 Å². The molecule has 5 heteroatoms. The van der Waals surface area contributed by atoms with Crippen molar-refractivity contribution in [3.63, 3.8) is 0 Å². The van der Waals surface area contributed by atoms with E-state index in [1.807, 2.05) is 45.0 Å². The van der Waals surface area contributed by atoms with Crippen molar-refractivity contribution < 1.29 is 9.59 Å². The number of hydrogen-bond acceptors (Lipinski definition) is 3. The largest absolute Gasteiger partial charge is 0.332 e. The molecule has 0 unspecified atom stereocenters. The number of nitrogens with zero attached hydrogens (tertiary/aromatic N) is 1. The van der Waals surface area contributed by atoms with Crippen molar-refractivity contribution in [1.29, 1.82) is 0 Å². The molecule has 0 bridgehead atoms. The van der Waals surface area contributed by atoms with E-state index in [0.717, 1.165) is 21.7 Å². The first-order chi connectivity index (χ1) is 10.4. The Morgan fingerprint density at radius 1 is 1.14 bits per heavy atom. The summed E-state index contributed by atoms with van der Waals surface area (Å²) in [5.41, 5.74) is 2.87. The van der Waals surface area contributed by atoms with E-state index in [9.17, 15) is 9.59 Å². The zero-order valence-electron chi connectivity index (χ0n) is 13.3. The van der Waals surface area contributed by atoms with Crippen LogP contribution >= 0.6 is 11.3 Å². The molecule has 1 aromatic carbocycles. The van der Waals surface area contributed by atoms with Gasteiger partial charge in [-0.05, 0) is 50.1 Å². The Kier molecular flexibility index (Phi) is 4.98. The Morgan fingerprint density at radius 3 is 2.50 bits per heavy atom. The summed E-state index contributed by atoms with van der Waals surface area (Å²) in [5.74, 6) is -0.327. The van der Waals surface area contributed by atoms with Gasteiger partial charge in [-0.1, -0.05) is 12.1 Å². The predicted octanol–water partition coefficient (Wildman–Crippen LogP) is 3.38. The van der Waals surface area contributed by atoms with E-state index in [-0.39, 0.29) is 18.4 Å². The molecular weight excluding hydrogens is 296 g/mol. The molecule has 0 saturated carbocycles. The van der Waals surface area contributed by atoms with Crippen LogP contribution in [0.4, 0.5) is 5.69 Å². The minimum atomic E-state index is -0.196. The molecule has 4 nitrogen and oxygen atoms in total. The summed E-state index contributed by atoms with van der Waals surface area (Å²) in [4.78, 5) is 27.5. The summed E-state index contributed by atoms with van der Waals surface area (Å²) in [6.07, 6.45) is 0. The molecule has 0 aliphatic rings. The highest BCUT2D eigenvalue weighted by atomic mass is 32.1. The van der Waals surface area contributed by atoms with E-state index in [1.165, 1.54) is 16.2 Å². The zero-order chi connectivity index (χ0) is 16.3. The van der Waals surface area contributed by atoms with E-state index < -0.39 is 0 Å². The van der Waals surface area contributed by atoms with E-state index >= 15 is 0 Å². The highest BCUT2D eigenvalue weighted by Gasteiger charge is 2.16. The van der Waals surface area contributed by atoms with Crippen LogP contribution in [0, 0.1) is 20.8 Å². The normalized spacial score (nSPS) is 10.4. The smallest absolute Gasteiger partial charge is 0.264 e. The van der Waals surface area contributed by atoms with Crippen LogP contribution in [-0.4, -0.2) is 30.3 Å². The van der Waals surface area contributed by atoms with Gasteiger partial charge in [0, 0.05) is 17.6 Å². The van der Waals surface area contributed by atoms with E-state index in [2.05, 4.69) is 5.32 Å². The molecule has 0 saturated heterocycles. The second-order valence-corrected chi connectivity index (χ2v) is 6.73. The van der Waals surface area contributed by atoms with Crippen LogP contribution in [0.25, 0.3) is 0 Å². The lowest BCUT2D eigenvalue weighted by atomic mass is 10.1. The SMILES string of the molecule is Cc1ccc(C)c(NC(=O)CN(C)C(=O)c2ccc(C)s2)c1. The lowest BCUT2D eigenvalue weighted by molar-refractivity contribution is -0.116. The molecule has 2 aromatic rings. The van der Waals surface area contributed by atoms with Gasteiger partial charge in [0.2, 0.25) is 5.91 Å². The van der Waals surface area contributed by atoms with Crippen molar-refractivity contribution in [2.75, 3.05) is 18.9 Å². The predicted molar refractivity (Wildman–Crippen MR) is 90.6 cm³/mol. The summed E-state index contributed by atoms with van der Waals surface area (Å²) in [7, 11) is 1.64. The van der Waals surface area contributed by atoms with E-state index in [0.29, 0.717) is 4.88 Å². The van der Waals surface area contributed by atoms with E-state index in [4.69, 9.17) is 0 Å². The van der Waals surface area contributed by atoms with Gasteiger partial charge >= 0.3 is 0 Å². The Morgan fingerprint density at radius 2 is 1.86 bits per heavy atom. The number of rotatable bonds is 4. The van der Waals surface area contributed by atoms with Crippen LogP contribution in [0.5, 0.6) is 0 Å². The van der Waals surface area contributed by atoms with Gasteiger partial charge in [0.25, 0.3) is 5.91 Å². The van der Waals surface area contributed by atoms with Gasteiger partial charge in [0.05, 0.1) is 11.4 Å². The van der Waals surface area contributed by atoms with Crippen LogP contribution in [0.3, 0.4) is 0 Å². The summed E-state index contributed by atoms with van der Waals surface area (Å²) in [6, 6.07) is 9.59. The number of amides is 2. The molecule has 0 atom stereocenters. The van der Waals surface area contributed by atoms with E-state index in [1.54, 1.807) is 13.1 Å². The van der Waals surface area contributed by atoms with Gasteiger partial charge in [-0.2, -0.15) is 0 Å². The van der Waals surface area contributed by atoms with Gasteiger partial charge in [0.15, 0.2) is 0 Å². The molecule has 0 fully saturated rings. The van der Waals surface area contributed by atoms with Crippen LogP contribution in [-0.2, 0) is 4.79 Å². The summed E-state index contributed by atoms with van der Waals surface area (Å²) < 4.78 is 0. The van der Waals surface area contributed by atoms with Crippen LogP contribution in [0.2, 0.25) is 0 Å². The molecular formula is C17H20N2O2S. The first-order valence-electron chi connectivity index (χ1n) is 7.06. The second-order valence-electron chi connectivity index (χ2n) is 5.44. The molecule has 1 heterocycles. The number of hydrogen-bond donors (Lipinski definition) is 1. The van der Waals surface area contributed by atoms with Crippen molar-refractivity contribution in [3.05, 3.63) is 51.2 Å². The Hall–Kier alpha value is -2.14. The zero-order valence-corrected chi connectivity index (χ0v) is 14.1. The lowest BCUT2D eigenvalue weighted by Crippen LogP contribution is -2.34. The lowest BCUT2D eigenvalue weighted by Gasteiger charge is -2.16. The molecule has 22 heavy (non-hydrogen) atoms. The molecule has 0 spiro atoms. The number of carbonyl (C=O) groups is 2. The number of anilines is 1. The molecule has 1 aromatic heterocycles. The van der Waals surface area contributed by atoms with Crippen molar-refractivity contribution in [2.45, 2.75) is 20.8 Å².